The number of carbonyl (C=O) groups is 1. The zero-order chi connectivity index (χ0) is 15.1. The number of para-hydroxylation sites is 2. The van der Waals surface area contributed by atoms with E-state index in [4.69, 9.17) is 0 Å². The number of amides is 1. The topological polar surface area (TPSA) is 46.9 Å². The van der Waals surface area contributed by atoms with E-state index in [0.717, 1.165) is 21.1 Å². The molecule has 1 N–H and O–H groups in total. The molecule has 3 aromatic rings. The Bertz CT molecular complexity index is 927. The number of imidazole rings is 1. The maximum atomic E-state index is 12.3. The third-order valence-electron chi connectivity index (χ3n) is 3.69. The van der Waals surface area contributed by atoms with Crippen molar-refractivity contribution in [1.29, 1.82) is 0 Å². The lowest BCUT2D eigenvalue weighted by Crippen LogP contribution is -2.26. The van der Waals surface area contributed by atoms with E-state index in [0.29, 0.717) is 18.1 Å². The highest BCUT2D eigenvalue weighted by Crippen LogP contribution is 2.26. The van der Waals surface area contributed by atoms with Crippen molar-refractivity contribution in [3.63, 3.8) is 0 Å². The summed E-state index contributed by atoms with van der Waals surface area (Å²) in [6, 6.07) is 15.8. The van der Waals surface area contributed by atoms with Gasteiger partial charge in [-0.2, -0.15) is 0 Å². The Morgan fingerprint density at radius 1 is 1.18 bits per heavy atom. The van der Waals surface area contributed by atoms with Gasteiger partial charge >= 0.3 is 0 Å². The van der Waals surface area contributed by atoms with Crippen molar-refractivity contribution < 1.29 is 4.79 Å². The van der Waals surface area contributed by atoms with Crippen LogP contribution in [0.25, 0.3) is 17.1 Å². The largest absolute Gasteiger partial charge is 0.305 e. The number of aromatic nitrogens is 2. The number of anilines is 1. The van der Waals surface area contributed by atoms with Gasteiger partial charge in [-0.3, -0.25) is 10.1 Å². The van der Waals surface area contributed by atoms with Crippen LogP contribution in [-0.4, -0.2) is 15.5 Å². The standard InChI is InChI=1S/C17H12BrN3O/c18-13-5-3-4-11(9-13)8-12-10-21-15-7-2-1-6-14(15)19-17(21)20-16(12)22/h1-9H,10H2,(H,19,20,22)/b12-8+. The molecule has 0 saturated carbocycles. The van der Waals surface area contributed by atoms with E-state index in [1.165, 1.54) is 0 Å². The molecule has 0 aliphatic carbocycles. The number of carbonyl (C=O) groups excluding carboxylic acids is 1. The molecule has 1 amide bonds. The lowest BCUT2D eigenvalue weighted by Gasteiger charge is -2.18. The number of rotatable bonds is 1. The molecule has 0 spiro atoms. The number of benzene rings is 2. The van der Waals surface area contributed by atoms with E-state index in [9.17, 15) is 4.79 Å². The highest BCUT2D eigenvalue weighted by molar-refractivity contribution is 9.10. The van der Waals surface area contributed by atoms with Gasteiger partial charge in [-0.15, -0.1) is 0 Å². The third-order valence-corrected chi connectivity index (χ3v) is 4.18. The summed E-state index contributed by atoms with van der Waals surface area (Å²) in [6.45, 7) is 0.522. The van der Waals surface area contributed by atoms with Crippen LogP contribution in [0.3, 0.4) is 0 Å². The van der Waals surface area contributed by atoms with Crippen molar-refractivity contribution in [2.45, 2.75) is 6.54 Å². The first kappa shape index (κ1) is 13.3. The van der Waals surface area contributed by atoms with Gasteiger partial charge in [0.25, 0.3) is 5.91 Å². The highest BCUT2D eigenvalue weighted by atomic mass is 79.9. The fourth-order valence-electron chi connectivity index (χ4n) is 2.66. The molecule has 0 saturated heterocycles. The monoisotopic (exact) mass is 353 g/mol. The second-order valence-corrected chi connectivity index (χ2v) is 6.10. The smallest absolute Gasteiger partial charge is 0.255 e. The molecule has 1 aromatic heterocycles. The fraction of sp³-hybridized carbons (Fsp3) is 0.0588. The molecule has 4 rings (SSSR count). The summed E-state index contributed by atoms with van der Waals surface area (Å²) in [6.07, 6.45) is 1.91. The van der Waals surface area contributed by atoms with Gasteiger partial charge in [0.2, 0.25) is 5.95 Å². The van der Waals surface area contributed by atoms with Crippen molar-refractivity contribution in [3.8, 4) is 0 Å². The molecule has 0 unspecified atom stereocenters. The minimum atomic E-state index is -0.0946. The Morgan fingerprint density at radius 2 is 2.05 bits per heavy atom. The number of nitrogens with zero attached hydrogens (tertiary/aromatic N) is 2. The average molecular weight is 354 g/mol. The quantitative estimate of drug-likeness (QED) is 0.675. The van der Waals surface area contributed by atoms with Gasteiger partial charge in [-0.25, -0.2) is 4.98 Å². The molecule has 0 bridgehead atoms. The first-order valence-corrected chi connectivity index (χ1v) is 7.73. The maximum absolute atomic E-state index is 12.3. The van der Waals surface area contributed by atoms with Gasteiger partial charge in [0.15, 0.2) is 0 Å². The van der Waals surface area contributed by atoms with Crippen molar-refractivity contribution in [2.75, 3.05) is 5.32 Å². The first-order valence-electron chi connectivity index (χ1n) is 6.93. The molecule has 1 aliphatic rings. The minimum absolute atomic E-state index is 0.0946. The van der Waals surface area contributed by atoms with Crippen LogP contribution in [0.1, 0.15) is 5.56 Å². The summed E-state index contributed by atoms with van der Waals surface area (Å²) >= 11 is 3.45. The van der Waals surface area contributed by atoms with Crippen LogP contribution in [0, 0.1) is 0 Å². The Balaban J connectivity index is 1.79. The normalized spacial score (nSPS) is 15.9. The summed E-state index contributed by atoms with van der Waals surface area (Å²) in [5.74, 6) is 0.514. The van der Waals surface area contributed by atoms with E-state index < -0.39 is 0 Å². The number of halogens is 1. The Hall–Kier alpha value is -2.40. The highest BCUT2D eigenvalue weighted by Gasteiger charge is 2.22. The zero-order valence-electron chi connectivity index (χ0n) is 11.6. The molecule has 22 heavy (non-hydrogen) atoms. The van der Waals surface area contributed by atoms with Crippen molar-refractivity contribution in [1.82, 2.24) is 9.55 Å². The number of hydrogen-bond donors (Lipinski definition) is 1. The summed E-state index contributed by atoms with van der Waals surface area (Å²) in [5.41, 5.74) is 3.63. The summed E-state index contributed by atoms with van der Waals surface area (Å²) in [7, 11) is 0. The van der Waals surface area contributed by atoms with Crippen LogP contribution >= 0.6 is 15.9 Å². The van der Waals surface area contributed by atoms with Crippen LogP contribution < -0.4 is 5.32 Å². The first-order chi connectivity index (χ1) is 10.7. The van der Waals surface area contributed by atoms with Crippen LogP contribution in [0.4, 0.5) is 5.95 Å². The summed E-state index contributed by atoms with van der Waals surface area (Å²) in [4.78, 5) is 16.7. The molecule has 5 heteroatoms. The molecular formula is C17H12BrN3O. The molecule has 108 valence electrons. The molecule has 4 nitrogen and oxygen atoms in total. The van der Waals surface area contributed by atoms with E-state index in [1.54, 1.807) is 0 Å². The molecule has 2 heterocycles. The summed E-state index contributed by atoms with van der Waals surface area (Å²) in [5, 5.41) is 2.87. The Labute approximate surface area is 135 Å². The van der Waals surface area contributed by atoms with Gasteiger partial charge in [0.05, 0.1) is 17.6 Å². The van der Waals surface area contributed by atoms with Crippen LogP contribution in [0.5, 0.6) is 0 Å². The maximum Gasteiger partial charge on any atom is 0.255 e. The van der Waals surface area contributed by atoms with Crippen LogP contribution in [0.2, 0.25) is 0 Å². The van der Waals surface area contributed by atoms with Crippen molar-refractivity contribution in [3.05, 3.63) is 64.1 Å². The molecule has 0 fully saturated rings. The Morgan fingerprint density at radius 3 is 2.91 bits per heavy atom. The molecular weight excluding hydrogens is 342 g/mol. The SMILES string of the molecule is O=C1Nc2nc3ccccc3n2C/C1=C\c1cccc(Br)c1. The molecule has 0 atom stereocenters. The number of nitrogens with one attached hydrogen (secondary N) is 1. The number of hydrogen-bond acceptors (Lipinski definition) is 2. The molecule has 1 aliphatic heterocycles. The van der Waals surface area contributed by atoms with Gasteiger partial charge in [-0.1, -0.05) is 40.2 Å². The predicted molar refractivity (Wildman–Crippen MR) is 90.5 cm³/mol. The molecule has 0 radical (unpaired) electrons. The lowest BCUT2D eigenvalue weighted by atomic mass is 10.1. The van der Waals surface area contributed by atoms with Crippen molar-refractivity contribution in [2.24, 2.45) is 0 Å². The summed E-state index contributed by atoms with van der Waals surface area (Å²) < 4.78 is 3.02. The average Bonchev–Trinajstić information content (AvgIpc) is 2.85. The third kappa shape index (κ3) is 2.23. The van der Waals surface area contributed by atoms with Crippen LogP contribution in [-0.2, 0) is 11.3 Å². The number of fused-ring (bicyclic) bond motifs is 3. The van der Waals surface area contributed by atoms with E-state index in [-0.39, 0.29) is 5.91 Å². The van der Waals surface area contributed by atoms with E-state index in [1.807, 2.05) is 59.2 Å². The predicted octanol–water partition coefficient (Wildman–Crippen LogP) is 3.83. The molecule has 2 aromatic carbocycles. The minimum Gasteiger partial charge on any atom is -0.305 e. The lowest BCUT2D eigenvalue weighted by molar-refractivity contribution is -0.113. The van der Waals surface area contributed by atoms with Gasteiger partial charge in [0.1, 0.15) is 0 Å². The van der Waals surface area contributed by atoms with Gasteiger partial charge < -0.3 is 4.57 Å². The van der Waals surface area contributed by atoms with Gasteiger partial charge in [-0.05, 0) is 35.9 Å². The second kappa shape index (κ2) is 5.10. The van der Waals surface area contributed by atoms with E-state index >= 15 is 0 Å². The second-order valence-electron chi connectivity index (χ2n) is 5.19. The van der Waals surface area contributed by atoms with E-state index in [2.05, 4.69) is 26.2 Å². The van der Waals surface area contributed by atoms with Crippen LogP contribution in [0.15, 0.2) is 58.6 Å². The van der Waals surface area contributed by atoms with Crippen molar-refractivity contribution >= 4 is 44.9 Å². The Kier molecular flexibility index (Phi) is 3.08. The van der Waals surface area contributed by atoms with Gasteiger partial charge in [0, 0.05) is 10.0 Å². The zero-order valence-corrected chi connectivity index (χ0v) is 13.2. The fourth-order valence-corrected chi connectivity index (χ4v) is 3.08.